The third-order valence-corrected chi connectivity index (χ3v) is 3.81. The maximum Gasteiger partial charge on any atom is 0.0931 e. The molecule has 3 nitrogen and oxygen atoms in total. The zero-order valence-electron chi connectivity index (χ0n) is 10.3. The first-order valence-corrected chi connectivity index (χ1v) is 6.93. The Morgan fingerprint density at radius 2 is 2.17 bits per heavy atom. The van der Waals surface area contributed by atoms with Gasteiger partial charge in [0.05, 0.1) is 10.0 Å². The third kappa shape index (κ3) is 3.78. The Hall–Kier alpha value is -0.940. The minimum atomic E-state index is 0.484. The fourth-order valence-electron chi connectivity index (χ4n) is 1.81. The maximum absolute atomic E-state index is 5.92. The van der Waals surface area contributed by atoms with Gasteiger partial charge in [-0.3, -0.25) is 9.88 Å². The summed E-state index contributed by atoms with van der Waals surface area (Å²) in [5.74, 6) is 0. The van der Waals surface area contributed by atoms with E-state index in [1.165, 1.54) is 10.4 Å². The molecule has 0 spiro atoms. The molecule has 96 valence electrons. The number of thiophene rings is 1. The smallest absolute Gasteiger partial charge is 0.0931 e. The Morgan fingerprint density at radius 3 is 2.83 bits per heavy atom. The van der Waals surface area contributed by atoms with E-state index in [1.807, 2.05) is 18.3 Å². The number of halogens is 1. The van der Waals surface area contributed by atoms with Crippen LogP contribution in [0.25, 0.3) is 0 Å². The molecule has 0 fully saturated rings. The summed E-state index contributed by atoms with van der Waals surface area (Å²) in [6.45, 7) is 2.26. The Bertz CT molecular complexity index is 512. The fourth-order valence-corrected chi connectivity index (χ4v) is 2.98. The number of hydrogen-bond donors (Lipinski definition) is 1. The summed E-state index contributed by atoms with van der Waals surface area (Å²) in [5, 5.41) is 0. The second kappa shape index (κ2) is 6.29. The molecule has 0 amide bonds. The topological polar surface area (TPSA) is 42.2 Å². The van der Waals surface area contributed by atoms with E-state index in [1.54, 1.807) is 11.3 Å². The minimum Gasteiger partial charge on any atom is -0.325 e. The molecule has 2 heterocycles. The summed E-state index contributed by atoms with van der Waals surface area (Å²) in [4.78, 5) is 7.72. The molecule has 0 unspecified atom stereocenters. The zero-order chi connectivity index (χ0) is 13.0. The van der Waals surface area contributed by atoms with Crippen LogP contribution in [0.5, 0.6) is 0 Å². The van der Waals surface area contributed by atoms with Crippen molar-refractivity contribution in [3.63, 3.8) is 0 Å². The lowest BCUT2D eigenvalue weighted by atomic mass is 10.2. The Morgan fingerprint density at radius 1 is 1.33 bits per heavy atom. The van der Waals surface area contributed by atoms with Gasteiger partial charge in [0.25, 0.3) is 0 Å². The molecular weight excluding hydrogens is 266 g/mol. The number of nitrogens with zero attached hydrogens (tertiary/aromatic N) is 2. The molecule has 0 aliphatic heterocycles. The molecule has 5 heteroatoms. The Balaban J connectivity index is 1.96. The molecule has 0 saturated heterocycles. The van der Waals surface area contributed by atoms with Crippen LogP contribution >= 0.6 is 22.9 Å². The standard InChI is InChI=1S/C13H16ClN3S/c1-17(9-12-2-3-13(14)18-12)8-10-4-5-16-11(6-10)7-15/h2-6H,7-9,15H2,1H3. The monoisotopic (exact) mass is 281 g/mol. The van der Waals surface area contributed by atoms with Gasteiger partial charge in [-0.05, 0) is 36.9 Å². The van der Waals surface area contributed by atoms with E-state index in [0.29, 0.717) is 6.54 Å². The third-order valence-electron chi connectivity index (χ3n) is 2.60. The minimum absolute atomic E-state index is 0.484. The van der Waals surface area contributed by atoms with Gasteiger partial charge in [-0.15, -0.1) is 11.3 Å². The first-order chi connectivity index (χ1) is 8.67. The van der Waals surface area contributed by atoms with Crippen molar-refractivity contribution in [1.82, 2.24) is 9.88 Å². The van der Waals surface area contributed by atoms with Crippen molar-refractivity contribution in [3.05, 3.63) is 50.9 Å². The number of nitrogens with two attached hydrogens (primary N) is 1. The van der Waals surface area contributed by atoms with Gasteiger partial charge < -0.3 is 5.73 Å². The van der Waals surface area contributed by atoms with E-state index < -0.39 is 0 Å². The van der Waals surface area contributed by atoms with Crippen LogP contribution in [0.1, 0.15) is 16.1 Å². The number of hydrogen-bond acceptors (Lipinski definition) is 4. The number of aromatic nitrogens is 1. The Labute approximate surface area is 116 Å². The van der Waals surface area contributed by atoms with E-state index in [9.17, 15) is 0 Å². The van der Waals surface area contributed by atoms with E-state index >= 15 is 0 Å². The molecule has 2 N–H and O–H groups in total. The van der Waals surface area contributed by atoms with Gasteiger partial charge in [0.15, 0.2) is 0 Å². The van der Waals surface area contributed by atoms with Gasteiger partial charge in [0, 0.05) is 30.7 Å². The summed E-state index contributed by atoms with van der Waals surface area (Å²) in [7, 11) is 2.09. The molecule has 0 aliphatic carbocycles. The van der Waals surface area contributed by atoms with Crippen molar-refractivity contribution < 1.29 is 0 Å². The fraction of sp³-hybridized carbons (Fsp3) is 0.308. The molecule has 0 aliphatic rings. The molecule has 2 rings (SSSR count). The Kier molecular flexibility index (Phi) is 4.72. The molecule has 0 atom stereocenters. The summed E-state index contributed by atoms with van der Waals surface area (Å²) in [5.41, 5.74) is 7.75. The van der Waals surface area contributed by atoms with Crippen LogP contribution in [-0.2, 0) is 19.6 Å². The second-order valence-corrected chi connectivity index (χ2v) is 6.04. The van der Waals surface area contributed by atoms with E-state index in [-0.39, 0.29) is 0 Å². The van der Waals surface area contributed by atoms with Crippen LogP contribution in [0.3, 0.4) is 0 Å². The first kappa shape index (κ1) is 13.5. The van der Waals surface area contributed by atoms with Gasteiger partial charge in [-0.1, -0.05) is 11.6 Å². The zero-order valence-corrected chi connectivity index (χ0v) is 11.8. The normalized spacial score (nSPS) is 11.1. The molecule has 0 bridgehead atoms. The van der Waals surface area contributed by atoms with Crippen LogP contribution in [0, 0.1) is 0 Å². The van der Waals surface area contributed by atoms with Crippen LogP contribution < -0.4 is 5.73 Å². The van der Waals surface area contributed by atoms with Crippen LogP contribution in [-0.4, -0.2) is 16.9 Å². The van der Waals surface area contributed by atoms with Gasteiger partial charge in [0.2, 0.25) is 0 Å². The van der Waals surface area contributed by atoms with Gasteiger partial charge in [-0.2, -0.15) is 0 Å². The summed E-state index contributed by atoms with van der Waals surface area (Å²) < 4.78 is 0.840. The molecule has 2 aromatic rings. The van der Waals surface area contributed by atoms with E-state index in [0.717, 1.165) is 23.1 Å². The predicted molar refractivity (Wildman–Crippen MR) is 76.6 cm³/mol. The van der Waals surface area contributed by atoms with Crippen molar-refractivity contribution in [2.24, 2.45) is 5.73 Å². The maximum atomic E-state index is 5.92. The lowest BCUT2D eigenvalue weighted by Crippen LogP contribution is -2.16. The van der Waals surface area contributed by atoms with E-state index in [4.69, 9.17) is 17.3 Å². The SMILES string of the molecule is CN(Cc1ccnc(CN)c1)Cc1ccc(Cl)s1. The van der Waals surface area contributed by atoms with Crippen LogP contribution in [0.4, 0.5) is 0 Å². The predicted octanol–water partition coefficient (Wildman–Crippen LogP) is 2.89. The number of pyridine rings is 1. The highest BCUT2D eigenvalue weighted by molar-refractivity contribution is 7.16. The molecule has 0 radical (unpaired) electrons. The highest BCUT2D eigenvalue weighted by Gasteiger charge is 2.05. The number of rotatable bonds is 5. The summed E-state index contributed by atoms with van der Waals surface area (Å²) in [6.07, 6.45) is 1.81. The first-order valence-electron chi connectivity index (χ1n) is 5.74. The van der Waals surface area contributed by atoms with Crippen molar-refractivity contribution in [3.8, 4) is 0 Å². The average molecular weight is 282 g/mol. The van der Waals surface area contributed by atoms with Crippen molar-refractivity contribution in [2.75, 3.05) is 7.05 Å². The van der Waals surface area contributed by atoms with Crippen molar-refractivity contribution in [2.45, 2.75) is 19.6 Å². The highest BCUT2D eigenvalue weighted by Crippen LogP contribution is 2.22. The van der Waals surface area contributed by atoms with E-state index in [2.05, 4.69) is 29.1 Å². The largest absolute Gasteiger partial charge is 0.325 e. The average Bonchev–Trinajstić information content (AvgIpc) is 2.74. The summed E-state index contributed by atoms with van der Waals surface area (Å²) >= 11 is 7.55. The lowest BCUT2D eigenvalue weighted by Gasteiger charge is -2.15. The highest BCUT2D eigenvalue weighted by atomic mass is 35.5. The van der Waals surface area contributed by atoms with Crippen molar-refractivity contribution >= 4 is 22.9 Å². The molecule has 18 heavy (non-hydrogen) atoms. The van der Waals surface area contributed by atoms with Gasteiger partial charge in [-0.25, -0.2) is 0 Å². The van der Waals surface area contributed by atoms with Crippen molar-refractivity contribution in [1.29, 1.82) is 0 Å². The second-order valence-electron chi connectivity index (χ2n) is 4.24. The van der Waals surface area contributed by atoms with Gasteiger partial charge >= 0.3 is 0 Å². The molecule has 0 saturated carbocycles. The summed E-state index contributed by atoms with van der Waals surface area (Å²) in [6, 6.07) is 8.09. The molecule has 0 aromatic carbocycles. The quantitative estimate of drug-likeness (QED) is 0.916. The molecule has 2 aromatic heterocycles. The van der Waals surface area contributed by atoms with Crippen LogP contribution in [0.2, 0.25) is 4.34 Å². The van der Waals surface area contributed by atoms with Gasteiger partial charge in [0.1, 0.15) is 0 Å². The van der Waals surface area contributed by atoms with Crippen LogP contribution in [0.15, 0.2) is 30.5 Å². The lowest BCUT2D eigenvalue weighted by molar-refractivity contribution is 0.322. The molecular formula is C13H16ClN3S.